The van der Waals surface area contributed by atoms with Gasteiger partial charge in [0.15, 0.2) is 0 Å². The molecule has 0 N–H and O–H groups in total. The molecule has 1 atom stereocenters. The first-order valence-electron chi connectivity index (χ1n) is 11.5. The fraction of sp³-hybridized carbons (Fsp3) is 0.462. The van der Waals surface area contributed by atoms with E-state index in [4.69, 9.17) is 9.47 Å². The van der Waals surface area contributed by atoms with Crippen LogP contribution in [0.25, 0.3) is 0 Å². The van der Waals surface area contributed by atoms with Crippen LogP contribution >= 0.6 is 0 Å². The van der Waals surface area contributed by atoms with E-state index in [9.17, 15) is 9.59 Å². The van der Waals surface area contributed by atoms with Crippen LogP contribution in [0, 0.1) is 19.8 Å². The van der Waals surface area contributed by atoms with Gasteiger partial charge in [-0.2, -0.15) is 0 Å². The molecule has 0 saturated carbocycles. The highest BCUT2D eigenvalue weighted by Crippen LogP contribution is 2.22. The molecule has 2 aromatic rings. The molecule has 2 saturated heterocycles. The Morgan fingerprint density at radius 1 is 0.906 bits per heavy atom. The number of hydrogen-bond acceptors (Lipinski definition) is 4. The van der Waals surface area contributed by atoms with Crippen LogP contribution in [0.15, 0.2) is 42.5 Å². The number of nitrogens with zero attached hydrogens (tertiary/aromatic N) is 2. The van der Waals surface area contributed by atoms with Crippen LogP contribution in [0.3, 0.4) is 0 Å². The Morgan fingerprint density at radius 2 is 1.56 bits per heavy atom. The number of hydrogen-bond donors (Lipinski definition) is 0. The third-order valence-corrected chi connectivity index (χ3v) is 6.16. The zero-order valence-corrected chi connectivity index (χ0v) is 19.0. The monoisotopic (exact) mass is 436 g/mol. The molecule has 170 valence electrons. The number of likely N-dealkylation sites (tertiary alicyclic amines) is 1. The van der Waals surface area contributed by atoms with E-state index in [1.54, 1.807) is 0 Å². The van der Waals surface area contributed by atoms with Gasteiger partial charge in [-0.25, -0.2) is 0 Å². The number of morpholine rings is 1. The van der Waals surface area contributed by atoms with Crippen LogP contribution in [-0.2, 0) is 4.74 Å². The summed E-state index contributed by atoms with van der Waals surface area (Å²) in [5.74, 6) is 1.19. The first-order valence-corrected chi connectivity index (χ1v) is 11.5. The maximum absolute atomic E-state index is 13.0. The molecule has 2 aliphatic heterocycles. The third-order valence-electron chi connectivity index (χ3n) is 6.16. The van der Waals surface area contributed by atoms with Crippen molar-refractivity contribution < 1.29 is 19.1 Å². The molecule has 6 heteroatoms. The Kier molecular flexibility index (Phi) is 7.10. The molecule has 6 nitrogen and oxygen atoms in total. The average Bonchev–Trinajstić information content (AvgIpc) is 2.82. The number of carbonyl (C=O) groups excluding carboxylic acids is 2. The van der Waals surface area contributed by atoms with Crippen molar-refractivity contribution in [2.75, 3.05) is 46.0 Å². The normalized spacial score (nSPS) is 19.0. The van der Waals surface area contributed by atoms with E-state index >= 15 is 0 Å². The van der Waals surface area contributed by atoms with Crippen molar-refractivity contribution in [2.45, 2.75) is 26.7 Å². The van der Waals surface area contributed by atoms with Crippen molar-refractivity contribution in [1.29, 1.82) is 0 Å². The Bertz CT molecular complexity index is 931. The standard InChI is InChI=1S/C26H32N2O4/c1-19-14-20(2)16-23(15-19)26(30)28-9-3-4-21(17-28)18-32-24-7-5-22(6-8-24)25(29)27-10-12-31-13-11-27/h5-8,14-16,21H,3-4,9-13,17-18H2,1-2H3. The molecule has 1 unspecified atom stereocenters. The number of ether oxygens (including phenoxy) is 2. The van der Waals surface area contributed by atoms with Crippen LogP contribution in [0.1, 0.15) is 44.7 Å². The van der Waals surface area contributed by atoms with Gasteiger partial charge >= 0.3 is 0 Å². The molecule has 0 aromatic heterocycles. The summed E-state index contributed by atoms with van der Waals surface area (Å²) in [6.07, 6.45) is 2.03. The molecular weight excluding hydrogens is 404 g/mol. The smallest absolute Gasteiger partial charge is 0.254 e. The quantitative estimate of drug-likeness (QED) is 0.717. The van der Waals surface area contributed by atoms with E-state index in [2.05, 4.69) is 6.07 Å². The average molecular weight is 437 g/mol. The van der Waals surface area contributed by atoms with Crippen LogP contribution < -0.4 is 4.74 Å². The number of carbonyl (C=O) groups is 2. The second kappa shape index (κ2) is 10.2. The van der Waals surface area contributed by atoms with E-state index in [0.717, 1.165) is 41.8 Å². The van der Waals surface area contributed by atoms with Gasteiger partial charge in [0.25, 0.3) is 11.8 Å². The van der Waals surface area contributed by atoms with Gasteiger partial charge in [0.1, 0.15) is 5.75 Å². The maximum Gasteiger partial charge on any atom is 0.254 e. The van der Waals surface area contributed by atoms with Crippen molar-refractivity contribution in [2.24, 2.45) is 5.92 Å². The predicted molar refractivity (Wildman–Crippen MR) is 123 cm³/mol. The predicted octanol–water partition coefficient (Wildman–Crippen LogP) is 3.71. The summed E-state index contributed by atoms with van der Waals surface area (Å²) in [5, 5.41) is 0. The molecule has 0 radical (unpaired) electrons. The Morgan fingerprint density at radius 3 is 2.25 bits per heavy atom. The molecule has 32 heavy (non-hydrogen) atoms. The lowest BCUT2D eigenvalue weighted by Crippen LogP contribution is -2.41. The first kappa shape index (κ1) is 22.3. The topological polar surface area (TPSA) is 59.1 Å². The first-order chi connectivity index (χ1) is 15.5. The second-order valence-electron chi connectivity index (χ2n) is 8.88. The summed E-state index contributed by atoms with van der Waals surface area (Å²) >= 11 is 0. The summed E-state index contributed by atoms with van der Waals surface area (Å²) in [6, 6.07) is 13.4. The summed E-state index contributed by atoms with van der Waals surface area (Å²) in [5.41, 5.74) is 3.66. The highest BCUT2D eigenvalue weighted by atomic mass is 16.5. The van der Waals surface area contributed by atoms with Crippen molar-refractivity contribution >= 4 is 11.8 Å². The lowest BCUT2D eigenvalue weighted by atomic mass is 9.97. The zero-order chi connectivity index (χ0) is 22.5. The fourth-order valence-corrected chi connectivity index (χ4v) is 4.52. The summed E-state index contributed by atoms with van der Waals surface area (Å²) in [7, 11) is 0. The molecule has 4 rings (SSSR count). The number of rotatable bonds is 5. The number of amides is 2. The van der Waals surface area contributed by atoms with Crippen LogP contribution in [0.2, 0.25) is 0 Å². The van der Waals surface area contributed by atoms with Gasteiger partial charge in [-0.05, 0) is 63.1 Å². The number of aryl methyl sites for hydroxylation is 2. The molecule has 0 spiro atoms. The van der Waals surface area contributed by atoms with Crippen LogP contribution in [0.5, 0.6) is 5.75 Å². The van der Waals surface area contributed by atoms with E-state index in [1.807, 2.05) is 60.0 Å². The number of piperidine rings is 1. The largest absolute Gasteiger partial charge is 0.493 e. The van der Waals surface area contributed by atoms with E-state index in [1.165, 1.54) is 0 Å². The molecule has 2 aromatic carbocycles. The molecule has 0 aliphatic carbocycles. The Balaban J connectivity index is 1.30. The van der Waals surface area contributed by atoms with E-state index < -0.39 is 0 Å². The van der Waals surface area contributed by atoms with Crippen molar-refractivity contribution in [3.05, 3.63) is 64.7 Å². The fourth-order valence-electron chi connectivity index (χ4n) is 4.52. The van der Waals surface area contributed by atoms with Crippen molar-refractivity contribution in [1.82, 2.24) is 9.80 Å². The summed E-state index contributed by atoms with van der Waals surface area (Å²) in [4.78, 5) is 29.3. The molecule has 2 heterocycles. The third kappa shape index (κ3) is 5.49. The summed E-state index contributed by atoms with van der Waals surface area (Å²) in [6.45, 7) is 8.57. The van der Waals surface area contributed by atoms with Gasteiger partial charge < -0.3 is 19.3 Å². The zero-order valence-electron chi connectivity index (χ0n) is 19.0. The highest BCUT2D eigenvalue weighted by molar-refractivity contribution is 5.95. The SMILES string of the molecule is Cc1cc(C)cc(C(=O)N2CCCC(COc3ccc(C(=O)N4CCOCC4)cc3)C2)c1. The Hall–Kier alpha value is -2.86. The Labute approximate surface area is 190 Å². The molecule has 2 aliphatic rings. The van der Waals surface area contributed by atoms with Gasteiger partial charge in [-0.15, -0.1) is 0 Å². The minimum Gasteiger partial charge on any atom is -0.493 e. The maximum atomic E-state index is 13.0. The van der Waals surface area contributed by atoms with Crippen molar-refractivity contribution in [3.63, 3.8) is 0 Å². The second-order valence-corrected chi connectivity index (χ2v) is 8.88. The van der Waals surface area contributed by atoms with Crippen LogP contribution in [-0.4, -0.2) is 67.6 Å². The highest BCUT2D eigenvalue weighted by Gasteiger charge is 2.25. The molecule has 0 bridgehead atoms. The van der Waals surface area contributed by atoms with Gasteiger partial charge in [0.2, 0.25) is 0 Å². The minimum absolute atomic E-state index is 0.0349. The van der Waals surface area contributed by atoms with Gasteiger partial charge in [0.05, 0.1) is 19.8 Å². The van der Waals surface area contributed by atoms with Crippen molar-refractivity contribution in [3.8, 4) is 5.75 Å². The molecular formula is C26H32N2O4. The van der Waals surface area contributed by atoms with E-state index in [0.29, 0.717) is 50.9 Å². The lowest BCUT2D eigenvalue weighted by molar-refractivity contribution is 0.0303. The van der Waals surface area contributed by atoms with Gasteiger partial charge in [-0.1, -0.05) is 17.2 Å². The molecule has 2 amide bonds. The number of benzene rings is 2. The molecule has 2 fully saturated rings. The lowest BCUT2D eigenvalue weighted by Gasteiger charge is -2.33. The van der Waals surface area contributed by atoms with Gasteiger partial charge in [-0.3, -0.25) is 9.59 Å². The van der Waals surface area contributed by atoms with Crippen LogP contribution in [0.4, 0.5) is 0 Å². The van der Waals surface area contributed by atoms with Gasteiger partial charge in [0, 0.05) is 43.2 Å². The summed E-state index contributed by atoms with van der Waals surface area (Å²) < 4.78 is 11.3. The van der Waals surface area contributed by atoms with E-state index in [-0.39, 0.29) is 11.8 Å². The minimum atomic E-state index is 0.0349.